The van der Waals surface area contributed by atoms with E-state index in [0.717, 1.165) is 25.7 Å². The minimum atomic E-state index is -0.442. The zero-order valence-electron chi connectivity index (χ0n) is 17.0. The Balaban J connectivity index is 1.82. The number of amides is 1. The average Bonchev–Trinajstić information content (AvgIpc) is 2.72. The molecule has 1 aromatic carbocycles. The number of hydrogen-bond acceptors (Lipinski definition) is 5. The van der Waals surface area contributed by atoms with Crippen molar-refractivity contribution in [3.05, 3.63) is 44.3 Å². The van der Waals surface area contributed by atoms with Gasteiger partial charge in [0, 0.05) is 17.3 Å². The second kappa shape index (κ2) is 9.81. The first-order valence-electron chi connectivity index (χ1n) is 9.87. The Morgan fingerprint density at radius 3 is 2.70 bits per heavy atom. The van der Waals surface area contributed by atoms with Gasteiger partial charge in [-0.05, 0) is 59.5 Å². The summed E-state index contributed by atoms with van der Waals surface area (Å²) in [7, 11) is 1.49. The Labute approximate surface area is 183 Å². The molecule has 0 atom stereocenters. The topological polar surface area (TPSA) is 104 Å². The Morgan fingerprint density at radius 1 is 1.30 bits per heavy atom. The van der Waals surface area contributed by atoms with E-state index in [1.165, 1.54) is 13.5 Å². The van der Waals surface area contributed by atoms with Gasteiger partial charge in [0.1, 0.15) is 11.6 Å². The van der Waals surface area contributed by atoms with Crippen molar-refractivity contribution in [2.75, 3.05) is 13.7 Å². The van der Waals surface area contributed by atoms with E-state index in [1.807, 2.05) is 6.07 Å². The normalized spacial score (nSPS) is 14.1. The van der Waals surface area contributed by atoms with Gasteiger partial charge in [-0.25, -0.2) is 0 Å². The van der Waals surface area contributed by atoms with E-state index in [4.69, 9.17) is 9.47 Å². The van der Waals surface area contributed by atoms with Gasteiger partial charge < -0.3 is 19.8 Å². The highest BCUT2D eigenvalue weighted by molar-refractivity contribution is 9.10. The molecular weight excluding hydrogens is 450 g/mol. The van der Waals surface area contributed by atoms with Crippen molar-refractivity contribution in [2.24, 2.45) is 0 Å². The van der Waals surface area contributed by atoms with Crippen molar-refractivity contribution in [3.63, 3.8) is 0 Å². The fourth-order valence-corrected chi connectivity index (χ4v) is 4.25. The number of nitrogens with one attached hydrogen (secondary N) is 2. The molecule has 1 heterocycles. The molecule has 1 aliphatic carbocycles. The zero-order chi connectivity index (χ0) is 21.7. The second-order valence-electron chi connectivity index (χ2n) is 7.36. The van der Waals surface area contributed by atoms with Gasteiger partial charge in [-0.3, -0.25) is 9.59 Å². The third kappa shape index (κ3) is 5.03. The van der Waals surface area contributed by atoms with Crippen molar-refractivity contribution in [1.82, 2.24) is 10.3 Å². The maximum atomic E-state index is 12.3. The molecule has 0 radical (unpaired) electrons. The molecular formula is C22H24BrN3O4. The number of hydrogen-bond donors (Lipinski definition) is 2. The van der Waals surface area contributed by atoms with Crippen LogP contribution in [-0.4, -0.2) is 30.6 Å². The summed E-state index contributed by atoms with van der Waals surface area (Å²) in [6.45, 7) is 1.62. The molecule has 0 aliphatic heterocycles. The summed E-state index contributed by atoms with van der Waals surface area (Å²) in [5, 5.41) is 12.4. The van der Waals surface area contributed by atoms with E-state index in [0.29, 0.717) is 32.8 Å². The molecule has 1 amide bonds. The number of nitriles is 1. The standard InChI is InChI=1S/C22H24BrN3O4/c1-13-8-16(17(11-24)22(28)25-13)14-9-18(23)21(19(10-14)29-2)30-12-20(27)26-15-6-4-3-5-7-15/h8-10,15H,3-7,12H2,1-2H3,(H,25,28)(H,26,27). The van der Waals surface area contributed by atoms with Gasteiger partial charge in [0.25, 0.3) is 11.5 Å². The highest BCUT2D eigenvalue weighted by Gasteiger charge is 2.19. The van der Waals surface area contributed by atoms with Crippen LogP contribution in [0.4, 0.5) is 0 Å². The molecule has 2 aromatic rings. The summed E-state index contributed by atoms with van der Waals surface area (Å²) < 4.78 is 11.7. The van der Waals surface area contributed by atoms with Gasteiger partial charge in [0.15, 0.2) is 18.1 Å². The van der Waals surface area contributed by atoms with Crippen molar-refractivity contribution in [2.45, 2.75) is 45.1 Å². The average molecular weight is 474 g/mol. The van der Waals surface area contributed by atoms with Gasteiger partial charge in [-0.1, -0.05) is 19.3 Å². The van der Waals surface area contributed by atoms with E-state index in [1.54, 1.807) is 25.1 Å². The molecule has 0 unspecified atom stereocenters. The van der Waals surface area contributed by atoms with E-state index in [-0.39, 0.29) is 24.1 Å². The number of benzene rings is 1. The van der Waals surface area contributed by atoms with Gasteiger partial charge >= 0.3 is 0 Å². The number of rotatable bonds is 6. The van der Waals surface area contributed by atoms with Gasteiger partial charge in [-0.2, -0.15) is 5.26 Å². The number of aromatic amines is 1. The monoisotopic (exact) mass is 473 g/mol. The molecule has 30 heavy (non-hydrogen) atoms. The van der Waals surface area contributed by atoms with Crippen molar-refractivity contribution < 1.29 is 14.3 Å². The third-order valence-electron chi connectivity index (χ3n) is 5.14. The van der Waals surface area contributed by atoms with Crippen LogP contribution in [0.2, 0.25) is 0 Å². The molecule has 3 rings (SSSR count). The minimum Gasteiger partial charge on any atom is -0.493 e. The Morgan fingerprint density at radius 2 is 2.03 bits per heavy atom. The van der Waals surface area contributed by atoms with Crippen LogP contribution in [0.15, 0.2) is 27.5 Å². The number of aryl methyl sites for hydroxylation is 1. The van der Waals surface area contributed by atoms with Crippen LogP contribution in [0.25, 0.3) is 11.1 Å². The molecule has 1 saturated carbocycles. The lowest BCUT2D eigenvalue weighted by molar-refractivity contribution is -0.124. The highest BCUT2D eigenvalue weighted by Crippen LogP contribution is 2.40. The van der Waals surface area contributed by atoms with E-state index in [2.05, 4.69) is 26.2 Å². The van der Waals surface area contributed by atoms with Gasteiger partial charge in [0.2, 0.25) is 0 Å². The first kappa shape index (κ1) is 21.9. The molecule has 7 nitrogen and oxygen atoms in total. The first-order valence-corrected chi connectivity index (χ1v) is 10.7. The van der Waals surface area contributed by atoms with Gasteiger partial charge in [-0.15, -0.1) is 0 Å². The van der Waals surface area contributed by atoms with Crippen molar-refractivity contribution in [3.8, 4) is 28.7 Å². The molecule has 1 fully saturated rings. The zero-order valence-corrected chi connectivity index (χ0v) is 18.6. The number of nitrogens with zero attached hydrogens (tertiary/aromatic N) is 1. The number of halogens is 1. The minimum absolute atomic E-state index is 0.0232. The largest absolute Gasteiger partial charge is 0.493 e. The van der Waals surface area contributed by atoms with Crippen molar-refractivity contribution in [1.29, 1.82) is 5.26 Å². The van der Waals surface area contributed by atoms with Crippen LogP contribution < -0.4 is 20.3 Å². The summed E-state index contributed by atoms with van der Waals surface area (Å²) in [5.74, 6) is 0.615. The van der Waals surface area contributed by atoms with E-state index < -0.39 is 5.56 Å². The second-order valence-corrected chi connectivity index (χ2v) is 8.22. The third-order valence-corrected chi connectivity index (χ3v) is 5.73. The lowest BCUT2D eigenvalue weighted by atomic mass is 9.95. The molecule has 1 aromatic heterocycles. The number of H-pyrrole nitrogens is 1. The smallest absolute Gasteiger partial charge is 0.266 e. The molecule has 2 N–H and O–H groups in total. The van der Waals surface area contributed by atoms with Crippen LogP contribution in [-0.2, 0) is 4.79 Å². The van der Waals surface area contributed by atoms with Crippen molar-refractivity contribution >= 4 is 21.8 Å². The number of aromatic nitrogens is 1. The number of methoxy groups -OCH3 is 1. The van der Waals surface area contributed by atoms with E-state index >= 15 is 0 Å². The number of carbonyl (C=O) groups is 1. The Hall–Kier alpha value is -2.79. The summed E-state index contributed by atoms with van der Waals surface area (Å²) in [4.78, 5) is 27.0. The van der Waals surface area contributed by atoms with Crippen LogP contribution in [0.1, 0.15) is 43.4 Å². The van der Waals surface area contributed by atoms with Crippen LogP contribution in [0.5, 0.6) is 11.5 Å². The summed E-state index contributed by atoms with van der Waals surface area (Å²) in [6, 6.07) is 7.34. The molecule has 158 valence electrons. The summed E-state index contributed by atoms with van der Waals surface area (Å²) in [6.07, 6.45) is 5.51. The number of carbonyl (C=O) groups excluding carboxylic acids is 1. The molecule has 1 aliphatic rings. The predicted molar refractivity (Wildman–Crippen MR) is 117 cm³/mol. The van der Waals surface area contributed by atoms with Crippen LogP contribution >= 0.6 is 15.9 Å². The fraction of sp³-hybridized carbons (Fsp3) is 0.409. The van der Waals surface area contributed by atoms with Crippen LogP contribution in [0, 0.1) is 18.3 Å². The SMILES string of the molecule is COc1cc(-c2cc(C)[nH]c(=O)c2C#N)cc(Br)c1OCC(=O)NC1CCCCC1. The molecule has 0 saturated heterocycles. The summed E-state index contributed by atoms with van der Waals surface area (Å²) in [5.41, 5.74) is 1.35. The highest BCUT2D eigenvalue weighted by atomic mass is 79.9. The maximum Gasteiger partial charge on any atom is 0.266 e. The number of ether oxygens (including phenoxy) is 2. The van der Waals surface area contributed by atoms with E-state index in [9.17, 15) is 14.9 Å². The quantitative estimate of drug-likeness (QED) is 0.663. The van der Waals surface area contributed by atoms with Crippen LogP contribution in [0.3, 0.4) is 0 Å². The lowest BCUT2D eigenvalue weighted by Gasteiger charge is -2.23. The maximum absolute atomic E-state index is 12.3. The molecule has 8 heteroatoms. The number of pyridine rings is 1. The molecule has 0 bridgehead atoms. The fourth-order valence-electron chi connectivity index (χ4n) is 3.70. The first-order chi connectivity index (χ1) is 14.4. The Kier molecular flexibility index (Phi) is 7.16. The summed E-state index contributed by atoms with van der Waals surface area (Å²) >= 11 is 3.46. The lowest BCUT2D eigenvalue weighted by Crippen LogP contribution is -2.39. The van der Waals surface area contributed by atoms with Gasteiger partial charge in [0.05, 0.1) is 11.6 Å². The molecule has 0 spiro atoms. The Bertz CT molecular complexity index is 1040. The predicted octanol–water partition coefficient (Wildman–Crippen LogP) is 3.82.